The summed E-state index contributed by atoms with van der Waals surface area (Å²) >= 11 is 0. The van der Waals surface area contributed by atoms with E-state index < -0.39 is 0 Å². The van der Waals surface area contributed by atoms with Gasteiger partial charge in [-0.05, 0) is 29.9 Å². The van der Waals surface area contributed by atoms with Gasteiger partial charge in [-0.1, -0.05) is 37.5 Å². The van der Waals surface area contributed by atoms with Gasteiger partial charge < -0.3 is 5.32 Å². The molecule has 1 aromatic carbocycles. The van der Waals surface area contributed by atoms with E-state index in [9.17, 15) is 4.79 Å². The zero-order valence-electron chi connectivity index (χ0n) is 9.46. The average Bonchev–Trinajstić information content (AvgIpc) is 2.70. The molecule has 1 heterocycles. The minimum atomic E-state index is 0.151. The summed E-state index contributed by atoms with van der Waals surface area (Å²) in [5.41, 5.74) is 3.69. The van der Waals surface area contributed by atoms with Gasteiger partial charge in [-0.3, -0.25) is 4.79 Å². The van der Waals surface area contributed by atoms with Crippen LogP contribution in [0, 0.1) is 0 Å². The van der Waals surface area contributed by atoms with Crippen molar-refractivity contribution in [2.24, 2.45) is 0 Å². The Labute approximate surface area is 96.1 Å². The van der Waals surface area contributed by atoms with E-state index in [4.69, 9.17) is 0 Å². The number of nitrogens with one attached hydrogen (secondary N) is 1. The Hall–Kier alpha value is -1.31. The average molecular weight is 215 g/mol. The van der Waals surface area contributed by atoms with Crippen molar-refractivity contribution in [2.75, 3.05) is 5.32 Å². The number of amides is 1. The first-order valence-corrected chi connectivity index (χ1v) is 6.26. The first-order chi connectivity index (χ1) is 7.84. The van der Waals surface area contributed by atoms with Crippen LogP contribution in [0.4, 0.5) is 5.69 Å². The molecule has 3 rings (SSSR count). The quantitative estimate of drug-likeness (QED) is 0.765. The van der Waals surface area contributed by atoms with Crippen molar-refractivity contribution in [1.29, 1.82) is 0 Å². The predicted molar refractivity (Wildman–Crippen MR) is 64.6 cm³/mol. The van der Waals surface area contributed by atoms with Crippen molar-refractivity contribution in [3.8, 4) is 0 Å². The van der Waals surface area contributed by atoms with Gasteiger partial charge in [-0.25, -0.2) is 0 Å². The van der Waals surface area contributed by atoms with E-state index in [2.05, 4.69) is 23.5 Å². The number of fused-ring (bicyclic) bond motifs is 1. The van der Waals surface area contributed by atoms with E-state index in [1.54, 1.807) is 0 Å². The molecule has 0 unspecified atom stereocenters. The molecule has 1 saturated carbocycles. The van der Waals surface area contributed by atoms with Crippen LogP contribution < -0.4 is 5.32 Å². The highest BCUT2D eigenvalue weighted by molar-refractivity contribution is 6.00. The van der Waals surface area contributed by atoms with Crippen LogP contribution in [-0.4, -0.2) is 5.91 Å². The molecule has 0 radical (unpaired) electrons. The fourth-order valence-corrected chi connectivity index (χ4v) is 3.03. The Balaban J connectivity index is 1.95. The number of carbonyl (C=O) groups is 1. The lowest BCUT2D eigenvalue weighted by molar-refractivity contribution is -0.115. The van der Waals surface area contributed by atoms with Gasteiger partial charge >= 0.3 is 0 Å². The zero-order valence-corrected chi connectivity index (χ0v) is 9.46. The maximum absolute atomic E-state index is 11.4. The van der Waals surface area contributed by atoms with Crippen LogP contribution in [0.5, 0.6) is 0 Å². The lowest BCUT2D eigenvalue weighted by Crippen LogP contribution is -2.09. The zero-order chi connectivity index (χ0) is 11.0. The molecule has 1 aliphatic heterocycles. The molecule has 0 atom stereocenters. The standard InChI is InChI=1S/C14H17NO/c16-13-9-11-7-4-8-12(14(11)15-13)10-5-2-1-3-6-10/h4,7-8,10H,1-3,5-6,9H2,(H,15,16). The Morgan fingerprint density at radius 2 is 1.94 bits per heavy atom. The molecule has 2 aliphatic rings. The molecule has 1 fully saturated rings. The third-order valence-corrected chi connectivity index (χ3v) is 3.84. The van der Waals surface area contributed by atoms with Crippen molar-refractivity contribution in [2.45, 2.75) is 44.4 Å². The molecule has 1 N–H and O–H groups in total. The van der Waals surface area contributed by atoms with E-state index in [-0.39, 0.29) is 5.91 Å². The normalized spacial score (nSPS) is 20.6. The molecule has 1 amide bonds. The van der Waals surface area contributed by atoms with E-state index in [1.165, 1.54) is 43.2 Å². The van der Waals surface area contributed by atoms with Crippen molar-refractivity contribution < 1.29 is 4.79 Å². The number of benzene rings is 1. The van der Waals surface area contributed by atoms with Gasteiger partial charge in [0.2, 0.25) is 5.91 Å². The fourth-order valence-electron chi connectivity index (χ4n) is 3.03. The predicted octanol–water partition coefficient (Wildman–Crippen LogP) is 3.23. The topological polar surface area (TPSA) is 29.1 Å². The van der Waals surface area contributed by atoms with Gasteiger partial charge in [0.05, 0.1) is 6.42 Å². The number of hydrogen-bond acceptors (Lipinski definition) is 1. The molecule has 16 heavy (non-hydrogen) atoms. The highest BCUT2D eigenvalue weighted by Gasteiger charge is 2.25. The second kappa shape index (κ2) is 3.93. The van der Waals surface area contributed by atoms with Gasteiger partial charge in [-0.15, -0.1) is 0 Å². The van der Waals surface area contributed by atoms with E-state index in [1.807, 2.05) is 0 Å². The number of rotatable bonds is 1. The van der Waals surface area contributed by atoms with Crippen LogP contribution in [0.25, 0.3) is 0 Å². The Kier molecular flexibility index (Phi) is 2.43. The van der Waals surface area contributed by atoms with Crippen LogP contribution in [0.1, 0.15) is 49.1 Å². The molecule has 2 nitrogen and oxygen atoms in total. The van der Waals surface area contributed by atoms with Gasteiger partial charge in [-0.2, -0.15) is 0 Å². The summed E-state index contributed by atoms with van der Waals surface area (Å²) in [5.74, 6) is 0.820. The lowest BCUT2D eigenvalue weighted by Gasteiger charge is -2.23. The van der Waals surface area contributed by atoms with E-state index in [0.29, 0.717) is 12.3 Å². The molecular weight excluding hydrogens is 198 g/mol. The second-order valence-electron chi connectivity index (χ2n) is 4.94. The number of anilines is 1. The van der Waals surface area contributed by atoms with Crippen LogP contribution in [-0.2, 0) is 11.2 Å². The summed E-state index contributed by atoms with van der Waals surface area (Å²) in [6.45, 7) is 0. The summed E-state index contributed by atoms with van der Waals surface area (Å²) in [4.78, 5) is 11.4. The maximum atomic E-state index is 11.4. The van der Waals surface area contributed by atoms with E-state index in [0.717, 1.165) is 5.69 Å². The molecule has 0 aromatic heterocycles. The maximum Gasteiger partial charge on any atom is 0.228 e. The lowest BCUT2D eigenvalue weighted by atomic mass is 9.83. The molecular formula is C14H17NO. The first kappa shape index (κ1) is 9.88. The highest BCUT2D eigenvalue weighted by atomic mass is 16.1. The Bertz CT molecular complexity index is 419. The summed E-state index contributed by atoms with van der Waals surface area (Å²) in [6.07, 6.45) is 7.18. The largest absolute Gasteiger partial charge is 0.325 e. The van der Waals surface area contributed by atoms with E-state index >= 15 is 0 Å². The highest BCUT2D eigenvalue weighted by Crippen LogP contribution is 2.39. The fraction of sp³-hybridized carbons (Fsp3) is 0.500. The van der Waals surface area contributed by atoms with Crippen LogP contribution in [0.2, 0.25) is 0 Å². The minimum absolute atomic E-state index is 0.151. The van der Waals surface area contributed by atoms with Gasteiger partial charge in [0, 0.05) is 5.69 Å². The third kappa shape index (κ3) is 1.62. The van der Waals surface area contributed by atoms with Crippen molar-refractivity contribution in [3.63, 3.8) is 0 Å². The summed E-state index contributed by atoms with van der Waals surface area (Å²) in [7, 11) is 0. The van der Waals surface area contributed by atoms with Crippen molar-refractivity contribution in [1.82, 2.24) is 0 Å². The second-order valence-corrected chi connectivity index (χ2v) is 4.94. The molecule has 1 aromatic rings. The Morgan fingerprint density at radius 3 is 2.75 bits per heavy atom. The number of para-hydroxylation sites is 1. The molecule has 0 spiro atoms. The van der Waals surface area contributed by atoms with Gasteiger partial charge in [0.1, 0.15) is 0 Å². The number of carbonyl (C=O) groups excluding carboxylic acids is 1. The van der Waals surface area contributed by atoms with Crippen molar-refractivity contribution in [3.05, 3.63) is 29.3 Å². The summed E-state index contributed by atoms with van der Waals surface area (Å²) in [5, 5.41) is 3.02. The third-order valence-electron chi connectivity index (χ3n) is 3.84. The van der Waals surface area contributed by atoms with Crippen LogP contribution >= 0.6 is 0 Å². The van der Waals surface area contributed by atoms with Crippen molar-refractivity contribution >= 4 is 11.6 Å². The Morgan fingerprint density at radius 1 is 1.12 bits per heavy atom. The summed E-state index contributed by atoms with van der Waals surface area (Å²) in [6, 6.07) is 6.36. The van der Waals surface area contributed by atoms with Crippen LogP contribution in [0.15, 0.2) is 18.2 Å². The summed E-state index contributed by atoms with van der Waals surface area (Å²) < 4.78 is 0. The van der Waals surface area contributed by atoms with Gasteiger partial charge in [0.25, 0.3) is 0 Å². The number of hydrogen-bond donors (Lipinski definition) is 1. The first-order valence-electron chi connectivity index (χ1n) is 6.26. The molecule has 1 aliphatic carbocycles. The molecule has 84 valence electrons. The van der Waals surface area contributed by atoms with Gasteiger partial charge in [0.15, 0.2) is 0 Å². The monoisotopic (exact) mass is 215 g/mol. The van der Waals surface area contributed by atoms with Crippen LogP contribution in [0.3, 0.4) is 0 Å². The molecule has 0 saturated heterocycles. The SMILES string of the molecule is O=C1Cc2cccc(C3CCCCC3)c2N1. The smallest absolute Gasteiger partial charge is 0.228 e. The minimum Gasteiger partial charge on any atom is -0.325 e. The molecule has 0 bridgehead atoms. The molecule has 2 heteroatoms.